The Morgan fingerprint density at radius 1 is 0.475 bits per heavy atom. The molecule has 0 atom stereocenters. The number of hydrogen-bond acceptors (Lipinski definition) is 3. The predicted octanol–water partition coefficient (Wildman–Crippen LogP) is 14.2. The van der Waals surface area contributed by atoms with Crippen molar-refractivity contribution >= 4 is 38.9 Å². The van der Waals surface area contributed by atoms with Crippen molar-refractivity contribution in [3.63, 3.8) is 0 Å². The molecular formula is C55H48N4. The Morgan fingerprint density at radius 3 is 1.80 bits per heavy atom. The van der Waals surface area contributed by atoms with Crippen LogP contribution in [-0.2, 0) is 5.41 Å². The predicted molar refractivity (Wildman–Crippen MR) is 249 cm³/mol. The normalized spacial score (nSPS) is 13.0. The van der Waals surface area contributed by atoms with Crippen LogP contribution in [0.2, 0.25) is 0 Å². The third-order valence-electron chi connectivity index (χ3n) is 12.3. The Hall–Kier alpha value is -6.91. The summed E-state index contributed by atoms with van der Waals surface area (Å²) in [4.78, 5) is 10.1. The zero-order valence-electron chi connectivity index (χ0n) is 34.4. The summed E-state index contributed by atoms with van der Waals surface area (Å²) in [5.74, 6) is 0.892. The molecule has 59 heavy (non-hydrogen) atoms. The molecule has 1 aliphatic rings. The highest BCUT2D eigenvalue weighted by atomic mass is 15.4. The average Bonchev–Trinajstić information content (AvgIpc) is 3.84. The minimum absolute atomic E-state index is 0.000555. The molecule has 7 aromatic carbocycles. The van der Waals surface area contributed by atoms with E-state index in [4.69, 9.17) is 4.98 Å². The first-order valence-corrected chi connectivity index (χ1v) is 20.7. The summed E-state index contributed by atoms with van der Waals surface area (Å²) >= 11 is 0. The zero-order chi connectivity index (χ0) is 40.3. The van der Waals surface area contributed by atoms with Crippen molar-refractivity contribution in [1.29, 1.82) is 0 Å². The highest BCUT2D eigenvalue weighted by Gasteiger charge is 2.34. The topological polar surface area (TPSA) is 24.3 Å². The molecule has 0 radical (unpaired) electrons. The van der Waals surface area contributed by atoms with Crippen molar-refractivity contribution in [1.82, 2.24) is 9.55 Å². The molecule has 0 bridgehead atoms. The minimum Gasteiger partial charge on any atom is -0.347 e. The number of anilines is 3. The van der Waals surface area contributed by atoms with Crippen LogP contribution in [0.5, 0.6) is 0 Å². The molecule has 0 saturated heterocycles. The van der Waals surface area contributed by atoms with E-state index in [-0.39, 0.29) is 11.0 Å². The summed E-state index contributed by atoms with van der Waals surface area (Å²) in [5, 5.41) is 2.43. The van der Waals surface area contributed by atoms with Crippen LogP contribution in [0, 0.1) is 0 Å². The molecule has 0 fully saturated rings. The molecule has 2 aromatic heterocycles. The summed E-state index contributed by atoms with van der Waals surface area (Å²) in [6, 6.07) is 66.2. The zero-order valence-corrected chi connectivity index (χ0v) is 34.4. The maximum absolute atomic E-state index is 5.11. The molecule has 1 aliphatic heterocycles. The second kappa shape index (κ2) is 14.2. The Kier molecular flexibility index (Phi) is 8.75. The van der Waals surface area contributed by atoms with E-state index in [1.807, 2.05) is 6.20 Å². The molecule has 0 amide bonds. The molecule has 10 rings (SSSR count). The molecule has 9 aromatic rings. The van der Waals surface area contributed by atoms with Crippen molar-refractivity contribution in [3.8, 4) is 39.2 Å². The number of hydrogen-bond donors (Lipinski definition) is 0. The Bertz CT molecular complexity index is 2930. The molecule has 4 heteroatoms. The molecular weight excluding hydrogens is 717 g/mol. The number of nitrogens with zero attached hydrogens (tertiary/aromatic N) is 4. The number of benzene rings is 7. The first-order chi connectivity index (χ1) is 28.7. The van der Waals surface area contributed by atoms with Crippen LogP contribution in [0.15, 0.2) is 188 Å². The van der Waals surface area contributed by atoms with Gasteiger partial charge in [-0.15, -0.1) is 0 Å². The first-order valence-electron chi connectivity index (χ1n) is 20.7. The second-order valence-corrected chi connectivity index (χ2v) is 17.3. The fourth-order valence-electron chi connectivity index (χ4n) is 9.12. The molecule has 3 heterocycles. The molecule has 0 saturated carbocycles. The van der Waals surface area contributed by atoms with E-state index in [2.05, 4.69) is 231 Å². The van der Waals surface area contributed by atoms with E-state index >= 15 is 0 Å². The van der Waals surface area contributed by atoms with Gasteiger partial charge >= 0.3 is 0 Å². The van der Waals surface area contributed by atoms with Gasteiger partial charge in [-0.3, -0.25) is 4.57 Å². The van der Waals surface area contributed by atoms with E-state index in [0.29, 0.717) is 0 Å². The lowest BCUT2D eigenvalue weighted by Gasteiger charge is -2.34. The van der Waals surface area contributed by atoms with Gasteiger partial charge in [0.2, 0.25) is 0 Å². The van der Waals surface area contributed by atoms with Gasteiger partial charge in [-0.1, -0.05) is 147 Å². The molecule has 4 nitrogen and oxygen atoms in total. The highest BCUT2D eigenvalue weighted by Crippen LogP contribution is 2.46. The Balaban J connectivity index is 1.10. The molecule has 0 N–H and O–H groups in total. The fourth-order valence-corrected chi connectivity index (χ4v) is 9.12. The van der Waals surface area contributed by atoms with E-state index in [1.165, 1.54) is 66.8 Å². The summed E-state index contributed by atoms with van der Waals surface area (Å²) in [6.45, 7) is 12.4. The largest absolute Gasteiger partial charge is 0.347 e. The lowest BCUT2D eigenvalue weighted by molar-refractivity contribution is 0.518. The van der Waals surface area contributed by atoms with Crippen LogP contribution in [-0.4, -0.2) is 21.8 Å². The van der Waals surface area contributed by atoms with Gasteiger partial charge in [-0.05, 0) is 114 Å². The third-order valence-corrected chi connectivity index (χ3v) is 12.3. The lowest BCUT2D eigenvalue weighted by Crippen LogP contribution is -2.42. The number of pyridine rings is 1. The number of aromatic nitrogens is 2. The smallest absolute Gasteiger partial charge is 0.138 e. The van der Waals surface area contributed by atoms with Gasteiger partial charge in [0, 0.05) is 33.6 Å². The van der Waals surface area contributed by atoms with Crippen molar-refractivity contribution in [2.45, 2.75) is 45.6 Å². The van der Waals surface area contributed by atoms with Gasteiger partial charge in [0.25, 0.3) is 0 Å². The van der Waals surface area contributed by atoms with Crippen molar-refractivity contribution in [2.75, 3.05) is 16.5 Å². The summed E-state index contributed by atoms with van der Waals surface area (Å²) in [5.41, 5.74) is 15.3. The maximum Gasteiger partial charge on any atom is 0.138 e. The standard InChI is InChI=1S/C55H48N4/c1-54(2,3)58-37-57(49-28-14-15-29-50(49)58)43-23-16-22-41(35-43)55(4,5)42-30-31-47-46-24-12-13-27-48(46)59(51(47)36-42)52-34-40(32-33-56-52)53-44(38-18-8-6-9-19-38)25-17-26-45(53)39-20-10-7-11-21-39/h6-36H,37H2,1-5H3. The maximum atomic E-state index is 5.11. The molecule has 0 aliphatic carbocycles. The van der Waals surface area contributed by atoms with Crippen LogP contribution in [0.25, 0.3) is 61.0 Å². The Morgan fingerprint density at radius 2 is 1.08 bits per heavy atom. The van der Waals surface area contributed by atoms with Crippen LogP contribution in [0.3, 0.4) is 0 Å². The third kappa shape index (κ3) is 6.27. The minimum atomic E-state index is -0.289. The number of rotatable bonds is 7. The van der Waals surface area contributed by atoms with Crippen molar-refractivity contribution in [3.05, 3.63) is 199 Å². The van der Waals surface area contributed by atoms with Gasteiger partial charge in [0.05, 0.1) is 29.1 Å². The number of para-hydroxylation sites is 3. The monoisotopic (exact) mass is 764 g/mol. The van der Waals surface area contributed by atoms with Crippen LogP contribution in [0.4, 0.5) is 17.1 Å². The van der Waals surface area contributed by atoms with E-state index in [9.17, 15) is 0 Å². The van der Waals surface area contributed by atoms with Gasteiger partial charge in [0.15, 0.2) is 0 Å². The van der Waals surface area contributed by atoms with E-state index in [1.54, 1.807) is 0 Å². The second-order valence-electron chi connectivity index (χ2n) is 17.3. The van der Waals surface area contributed by atoms with Crippen LogP contribution >= 0.6 is 0 Å². The molecule has 0 spiro atoms. The highest BCUT2D eigenvalue weighted by molar-refractivity contribution is 6.09. The van der Waals surface area contributed by atoms with Gasteiger partial charge in [0.1, 0.15) is 5.82 Å². The van der Waals surface area contributed by atoms with E-state index < -0.39 is 0 Å². The van der Waals surface area contributed by atoms with E-state index in [0.717, 1.165) is 29.1 Å². The average molecular weight is 765 g/mol. The van der Waals surface area contributed by atoms with Crippen LogP contribution in [0.1, 0.15) is 45.7 Å². The van der Waals surface area contributed by atoms with Gasteiger partial charge < -0.3 is 9.80 Å². The van der Waals surface area contributed by atoms with Gasteiger partial charge in [-0.25, -0.2) is 4.98 Å². The summed E-state index contributed by atoms with van der Waals surface area (Å²) < 4.78 is 2.36. The summed E-state index contributed by atoms with van der Waals surface area (Å²) in [7, 11) is 0. The Labute approximate surface area is 347 Å². The quantitative estimate of drug-likeness (QED) is 0.162. The van der Waals surface area contributed by atoms with Gasteiger partial charge in [-0.2, -0.15) is 0 Å². The lowest BCUT2D eigenvalue weighted by atomic mass is 9.77. The van der Waals surface area contributed by atoms with Crippen molar-refractivity contribution < 1.29 is 0 Å². The van der Waals surface area contributed by atoms with Crippen molar-refractivity contribution in [2.24, 2.45) is 0 Å². The fraction of sp³-hybridized carbons (Fsp3) is 0.145. The van der Waals surface area contributed by atoms with Crippen LogP contribution < -0.4 is 9.80 Å². The SMILES string of the molecule is CC(C)(c1cccc(N2CN(C(C)(C)C)c3ccccc32)c1)c1ccc2c3ccccc3n(-c3cc(-c4c(-c5ccccc5)cccc4-c4ccccc4)ccn3)c2c1. The summed E-state index contributed by atoms with van der Waals surface area (Å²) in [6.07, 6.45) is 1.97. The number of fused-ring (bicyclic) bond motifs is 4. The molecule has 0 unspecified atom stereocenters. The first kappa shape index (κ1) is 36.4. The molecule has 288 valence electrons.